The van der Waals surface area contributed by atoms with Gasteiger partial charge in [0.15, 0.2) is 0 Å². The fourth-order valence-corrected chi connectivity index (χ4v) is 2.15. The Labute approximate surface area is 103 Å². The van der Waals surface area contributed by atoms with Gasteiger partial charge in [-0.2, -0.15) is 9.89 Å². The van der Waals surface area contributed by atoms with E-state index in [2.05, 4.69) is 16.4 Å². The summed E-state index contributed by atoms with van der Waals surface area (Å²) in [6, 6.07) is 16.0. The normalized spacial score (nSPS) is 11.3. The number of fused-ring (bicyclic) bond motifs is 2. The maximum Gasteiger partial charge on any atom is 0.123 e. The Bertz CT molecular complexity index is 769. The van der Waals surface area contributed by atoms with Crippen molar-refractivity contribution in [1.82, 2.24) is 19.8 Å². The number of hydrogen-bond donors (Lipinski definition) is 0. The van der Waals surface area contributed by atoms with E-state index in [1.165, 1.54) is 0 Å². The van der Waals surface area contributed by atoms with Crippen LogP contribution in [0.25, 0.3) is 21.8 Å². The zero-order chi connectivity index (χ0) is 11.9. The highest BCUT2D eigenvalue weighted by Crippen LogP contribution is 2.16. The highest BCUT2D eigenvalue weighted by atomic mass is 15.7. The number of nitrogens with zero attached hydrogens (tertiary/aromatic N) is 4. The van der Waals surface area contributed by atoms with Crippen LogP contribution in [0.3, 0.4) is 0 Å². The Hall–Kier alpha value is -2.62. The Balaban J connectivity index is 2.08. The van der Waals surface area contributed by atoms with Gasteiger partial charge in [-0.05, 0) is 12.1 Å². The molecule has 0 saturated carbocycles. The Morgan fingerprint density at radius 2 is 1.61 bits per heavy atom. The largest absolute Gasteiger partial charge is 0.158 e. The molecule has 0 atom stereocenters. The van der Waals surface area contributed by atoms with E-state index in [-0.39, 0.29) is 0 Å². The summed E-state index contributed by atoms with van der Waals surface area (Å²) in [7, 11) is 0. The summed E-state index contributed by atoms with van der Waals surface area (Å²) in [6.45, 7) is 0. The molecule has 0 N–H and O–H groups in total. The highest BCUT2D eigenvalue weighted by molar-refractivity contribution is 5.81. The SMILES string of the molecule is [c]1nn(-n2ncc3ccccc32)c2ccccc12. The lowest BCUT2D eigenvalue weighted by Crippen LogP contribution is -2.11. The topological polar surface area (TPSA) is 35.6 Å². The molecule has 0 aliphatic rings. The van der Waals surface area contributed by atoms with Gasteiger partial charge in [0.25, 0.3) is 0 Å². The van der Waals surface area contributed by atoms with Crippen molar-refractivity contribution in [1.29, 1.82) is 0 Å². The van der Waals surface area contributed by atoms with Gasteiger partial charge < -0.3 is 0 Å². The summed E-state index contributed by atoms with van der Waals surface area (Å²) in [4.78, 5) is 3.55. The standard InChI is InChI=1S/C14H9N4/c1-3-7-13-11(5-1)9-15-17(13)18-14-8-4-2-6-12(14)10-16-18/h1-9H. The predicted molar refractivity (Wildman–Crippen MR) is 69.1 cm³/mol. The summed E-state index contributed by atoms with van der Waals surface area (Å²) >= 11 is 0. The molecule has 0 spiro atoms. The average molecular weight is 233 g/mol. The van der Waals surface area contributed by atoms with Crippen molar-refractivity contribution < 1.29 is 0 Å². The molecular weight excluding hydrogens is 224 g/mol. The molecule has 0 amide bonds. The van der Waals surface area contributed by atoms with Crippen LogP contribution in [0, 0.1) is 6.20 Å². The lowest BCUT2D eigenvalue weighted by molar-refractivity contribution is 0.544. The maximum absolute atomic E-state index is 4.39. The lowest BCUT2D eigenvalue weighted by Gasteiger charge is -2.04. The van der Waals surface area contributed by atoms with Crippen LogP contribution in [-0.4, -0.2) is 19.8 Å². The smallest absolute Gasteiger partial charge is 0.123 e. The van der Waals surface area contributed by atoms with Gasteiger partial charge in [0.1, 0.15) is 6.20 Å². The van der Waals surface area contributed by atoms with Crippen LogP contribution in [-0.2, 0) is 0 Å². The van der Waals surface area contributed by atoms with Gasteiger partial charge in [-0.15, -0.1) is 9.89 Å². The van der Waals surface area contributed by atoms with Gasteiger partial charge in [-0.1, -0.05) is 36.4 Å². The fourth-order valence-electron chi connectivity index (χ4n) is 2.15. The molecule has 0 fully saturated rings. The van der Waals surface area contributed by atoms with Crippen molar-refractivity contribution in [3.8, 4) is 0 Å². The Morgan fingerprint density at radius 3 is 2.56 bits per heavy atom. The molecule has 0 saturated heterocycles. The van der Waals surface area contributed by atoms with E-state index in [1.807, 2.05) is 54.7 Å². The number of benzene rings is 2. The lowest BCUT2D eigenvalue weighted by atomic mass is 10.2. The molecule has 2 heterocycles. The zero-order valence-electron chi connectivity index (χ0n) is 9.49. The molecule has 4 nitrogen and oxygen atoms in total. The molecule has 4 heteroatoms. The van der Waals surface area contributed by atoms with Gasteiger partial charge in [-0.25, -0.2) is 0 Å². The van der Waals surface area contributed by atoms with Crippen LogP contribution in [0.5, 0.6) is 0 Å². The Kier molecular flexibility index (Phi) is 1.80. The van der Waals surface area contributed by atoms with Crippen LogP contribution in [0.15, 0.2) is 54.7 Å². The summed E-state index contributed by atoms with van der Waals surface area (Å²) in [5, 5.41) is 10.7. The van der Waals surface area contributed by atoms with E-state index in [9.17, 15) is 0 Å². The van der Waals surface area contributed by atoms with Crippen molar-refractivity contribution in [2.75, 3.05) is 0 Å². The van der Waals surface area contributed by atoms with Crippen molar-refractivity contribution in [3.05, 3.63) is 60.9 Å². The fraction of sp³-hybridized carbons (Fsp3) is 0. The number of rotatable bonds is 1. The first kappa shape index (κ1) is 9.41. The first-order valence-electron chi connectivity index (χ1n) is 5.72. The first-order chi connectivity index (χ1) is 8.93. The first-order valence-corrected chi connectivity index (χ1v) is 5.72. The summed E-state index contributed by atoms with van der Waals surface area (Å²) in [5.41, 5.74) is 2.02. The minimum absolute atomic E-state index is 0.983. The molecule has 18 heavy (non-hydrogen) atoms. The zero-order valence-corrected chi connectivity index (χ0v) is 9.49. The van der Waals surface area contributed by atoms with Gasteiger partial charge in [0.2, 0.25) is 0 Å². The molecule has 2 aromatic heterocycles. The minimum atomic E-state index is 0.983. The molecule has 0 aliphatic heterocycles. The van der Waals surface area contributed by atoms with Crippen molar-refractivity contribution in [2.45, 2.75) is 0 Å². The van der Waals surface area contributed by atoms with Gasteiger partial charge in [0, 0.05) is 10.8 Å². The number of aromatic nitrogens is 4. The molecule has 0 aliphatic carbocycles. The van der Waals surface area contributed by atoms with Crippen LogP contribution in [0.1, 0.15) is 0 Å². The van der Waals surface area contributed by atoms with Crippen LogP contribution in [0.4, 0.5) is 0 Å². The summed E-state index contributed by atoms with van der Waals surface area (Å²) in [6.07, 6.45) is 4.83. The van der Waals surface area contributed by atoms with Gasteiger partial charge in [0.05, 0.1) is 17.2 Å². The second kappa shape index (κ2) is 3.43. The second-order valence-electron chi connectivity index (χ2n) is 4.11. The molecule has 85 valence electrons. The average Bonchev–Trinajstić information content (AvgIpc) is 3.01. The third kappa shape index (κ3) is 1.20. The van der Waals surface area contributed by atoms with Crippen LogP contribution in [0.2, 0.25) is 0 Å². The molecular formula is C14H9N4. The van der Waals surface area contributed by atoms with Crippen LogP contribution >= 0.6 is 0 Å². The van der Waals surface area contributed by atoms with Crippen LogP contribution < -0.4 is 0 Å². The van der Waals surface area contributed by atoms with Crippen molar-refractivity contribution in [2.24, 2.45) is 0 Å². The van der Waals surface area contributed by atoms with E-state index in [1.54, 1.807) is 9.58 Å². The second-order valence-corrected chi connectivity index (χ2v) is 4.11. The van der Waals surface area contributed by atoms with E-state index < -0.39 is 0 Å². The third-order valence-electron chi connectivity index (χ3n) is 3.02. The molecule has 0 bridgehead atoms. The minimum Gasteiger partial charge on any atom is -0.158 e. The van der Waals surface area contributed by atoms with E-state index >= 15 is 0 Å². The number of hydrogen-bond acceptors (Lipinski definition) is 2. The number of para-hydroxylation sites is 2. The van der Waals surface area contributed by atoms with E-state index in [0.29, 0.717) is 0 Å². The molecule has 4 rings (SSSR count). The maximum atomic E-state index is 4.39. The highest BCUT2D eigenvalue weighted by Gasteiger charge is 2.07. The molecule has 2 aromatic carbocycles. The summed E-state index contributed by atoms with van der Waals surface area (Å²) < 4.78 is 0. The van der Waals surface area contributed by atoms with Gasteiger partial charge >= 0.3 is 0 Å². The predicted octanol–water partition coefficient (Wildman–Crippen LogP) is 2.50. The van der Waals surface area contributed by atoms with E-state index in [4.69, 9.17) is 0 Å². The quantitative estimate of drug-likeness (QED) is 0.506. The third-order valence-corrected chi connectivity index (χ3v) is 3.02. The van der Waals surface area contributed by atoms with Crippen molar-refractivity contribution >= 4 is 21.8 Å². The van der Waals surface area contributed by atoms with Crippen molar-refractivity contribution in [3.63, 3.8) is 0 Å². The molecule has 4 aromatic rings. The summed E-state index contributed by atoms with van der Waals surface area (Å²) in [5.74, 6) is 0. The molecule has 1 radical (unpaired) electrons. The Morgan fingerprint density at radius 1 is 0.833 bits per heavy atom. The van der Waals surface area contributed by atoms with Gasteiger partial charge in [-0.3, -0.25) is 0 Å². The molecule has 0 unspecified atom stereocenters. The monoisotopic (exact) mass is 233 g/mol. The van der Waals surface area contributed by atoms with E-state index in [0.717, 1.165) is 21.8 Å².